The second-order valence-electron chi connectivity index (χ2n) is 4.85. The van der Waals surface area contributed by atoms with Crippen LogP contribution in [0, 0.1) is 11.3 Å². The Bertz CT molecular complexity index is 819. The van der Waals surface area contributed by atoms with Gasteiger partial charge in [-0.25, -0.2) is 4.98 Å². The lowest BCUT2D eigenvalue weighted by molar-refractivity contribution is 0.881. The molecule has 0 aliphatic carbocycles. The van der Waals surface area contributed by atoms with Crippen LogP contribution in [-0.2, 0) is 6.42 Å². The van der Waals surface area contributed by atoms with E-state index >= 15 is 0 Å². The monoisotopic (exact) mass is 277 g/mol. The molecular weight excluding hydrogens is 266 g/mol. The third-order valence-electron chi connectivity index (χ3n) is 3.60. The van der Waals surface area contributed by atoms with Crippen LogP contribution in [0.4, 0.5) is 0 Å². The third-order valence-corrected chi connectivity index (χ3v) is 4.93. The Morgan fingerprint density at radius 1 is 1.20 bits per heavy atom. The van der Waals surface area contributed by atoms with Crippen molar-refractivity contribution in [2.75, 3.05) is 0 Å². The molecule has 4 rings (SSSR count). The minimum atomic E-state index is 0.311. The Labute approximate surface area is 120 Å². The van der Waals surface area contributed by atoms with Gasteiger partial charge in [0.25, 0.3) is 0 Å². The number of hydrogen-bond donors (Lipinski definition) is 1. The SMILES string of the molecule is N#Cc1cccc2[nH]c(C3Cc4ccccc4S3)nc12. The average Bonchev–Trinajstić information content (AvgIpc) is 3.09. The first-order valence-electron chi connectivity index (χ1n) is 6.48. The molecular formula is C16H11N3S. The van der Waals surface area contributed by atoms with E-state index in [0.717, 1.165) is 23.3 Å². The van der Waals surface area contributed by atoms with E-state index in [1.165, 1.54) is 10.5 Å². The van der Waals surface area contributed by atoms with Crippen LogP contribution in [-0.4, -0.2) is 9.97 Å². The molecule has 96 valence electrons. The van der Waals surface area contributed by atoms with Crippen LogP contribution >= 0.6 is 11.8 Å². The van der Waals surface area contributed by atoms with Crippen molar-refractivity contribution in [1.29, 1.82) is 5.26 Å². The van der Waals surface area contributed by atoms with Gasteiger partial charge in [-0.3, -0.25) is 0 Å². The summed E-state index contributed by atoms with van der Waals surface area (Å²) in [4.78, 5) is 9.35. The molecule has 0 radical (unpaired) electrons. The third kappa shape index (κ3) is 1.71. The summed E-state index contributed by atoms with van der Waals surface area (Å²) in [5, 5.41) is 9.45. The molecule has 0 saturated heterocycles. The molecule has 0 spiro atoms. The fourth-order valence-electron chi connectivity index (χ4n) is 2.63. The van der Waals surface area contributed by atoms with E-state index in [0.29, 0.717) is 10.8 Å². The zero-order valence-electron chi connectivity index (χ0n) is 10.6. The number of imidazole rings is 1. The van der Waals surface area contributed by atoms with Gasteiger partial charge in [-0.05, 0) is 30.2 Å². The number of H-pyrrole nitrogens is 1. The predicted molar refractivity (Wildman–Crippen MR) is 79.6 cm³/mol. The van der Waals surface area contributed by atoms with Crippen LogP contribution in [0.1, 0.15) is 22.2 Å². The Morgan fingerprint density at radius 2 is 2.10 bits per heavy atom. The maximum Gasteiger partial charge on any atom is 0.121 e. The molecule has 0 bridgehead atoms. The number of nitrogens with zero attached hydrogens (tertiary/aromatic N) is 2. The van der Waals surface area contributed by atoms with Gasteiger partial charge < -0.3 is 4.98 Å². The van der Waals surface area contributed by atoms with Gasteiger partial charge in [0.2, 0.25) is 0 Å². The topological polar surface area (TPSA) is 52.5 Å². The maximum atomic E-state index is 9.14. The van der Waals surface area contributed by atoms with E-state index in [1.807, 2.05) is 30.0 Å². The molecule has 2 heterocycles. The van der Waals surface area contributed by atoms with Crippen molar-refractivity contribution in [3.05, 3.63) is 59.4 Å². The Kier molecular flexibility index (Phi) is 2.54. The molecule has 1 aliphatic heterocycles. The predicted octanol–water partition coefficient (Wildman–Crippen LogP) is 3.82. The van der Waals surface area contributed by atoms with Crippen molar-refractivity contribution in [3.63, 3.8) is 0 Å². The van der Waals surface area contributed by atoms with Gasteiger partial charge in [0.15, 0.2) is 0 Å². The molecule has 1 aromatic heterocycles. The number of nitriles is 1. The van der Waals surface area contributed by atoms with Crippen LogP contribution in [0.2, 0.25) is 0 Å². The molecule has 1 aliphatic rings. The van der Waals surface area contributed by atoms with Crippen LogP contribution in [0.5, 0.6) is 0 Å². The molecule has 1 N–H and O–H groups in total. The lowest BCUT2D eigenvalue weighted by Gasteiger charge is -2.02. The van der Waals surface area contributed by atoms with E-state index in [9.17, 15) is 0 Å². The van der Waals surface area contributed by atoms with Gasteiger partial charge in [-0.15, -0.1) is 11.8 Å². The standard InChI is InChI=1S/C16H11N3S/c17-9-11-5-3-6-12-15(11)19-16(18-12)14-8-10-4-1-2-7-13(10)20-14/h1-7,14H,8H2,(H,18,19). The number of aromatic amines is 1. The highest BCUT2D eigenvalue weighted by Gasteiger charge is 2.26. The van der Waals surface area contributed by atoms with Crippen LogP contribution in [0.25, 0.3) is 11.0 Å². The minimum absolute atomic E-state index is 0.311. The summed E-state index contributed by atoms with van der Waals surface area (Å²) < 4.78 is 0. The summed E-state index contributed by atoms with van der Waals surface area (Å²) in [6.07, 6.45) is 0.989. The number of aromatic nitrogens is 2. The van der Waals surface area contributed by atoms with E-state index in [2.05, 4.69) is 40.3 Å². The van der Waals surface area contributed by atoms with Crippen LogP contribution in [0.3, 0.4) is 0 Å². The molecule has 1 unspecified atom stereocenters. The molecule has 3 nitrogen and oxygen atoms in total. The smallest absolute Gasteiger partial charge is 0.121 e. The summed E-state index contributed by atoms with van der Waals surface area (Å²) in [5.41, 5.74) is 3.73. The van der Waals surface area contributed by atoms with Crippen molar-refractivity contribution < 1.29 is 0 Å². The minimum Gasteiger partial charge on any atom is -0.341 e. The van der Waals surface area contributed by atoms with Gasteiger partial charge in [0.05, 0.1) is 16.3 Å². The summed E-state index contributed by atoms with van der Waals surface area (Å²) >= 11 is 1.84. The number of fused-ring (bicyclic) bond motifs is 2. The number of para-hydroxylation sites is 1. The first-order chi connectivity index (χ1) is 9.85. The van der Waals surface area contributed by atoms with Crippen LogP contribution < -0.4 is 0 Å². The number of benzene rings is 2. The Morgan fingerprint density at radius 3 is 2.95 bits per heavy atom. The van der Waals surface area contributed by atoms with Gasteiger partial charge in [0.1, 0.15) is 17.4 Å². The van der Waals surface area contributed by atoms with Crippen molar-refractivity contribution in [2.45, 2.75) is 16.6 Å². The van der Waals surface area contributed by atoms with Crippen LogP contribution in [0.15, 0.2) is 47.4 Å². The molecule has 3 aromatic rings. The lowest BCUT2D eigenvalue weighted by atomic mass is 10.1. The second-order valence-corrected chi connectivity index (χ2v) is 6.10. The summed E-state index contributed by atoms with van der Waals surface area (Å²) in [6, 6.07) is 16.3. The molecule has 20 heavy (non-hydrogen) atoms. The van der Waals surface area contributed by atoms with Gasteiger partial charge >= 0.3 is 0 Å². The first kappa shape index (κ1) is 11.6. The molecule has 1 atom stereocenters. The maximum absolute atomic E-state index is 9.14. The van der Waals surface area contributed by atoms with E-state index < -0.39 is 0 Å². The number of thioether (sulfide) groups is 1. The van der Waals surface area contributed by atoms with Crippen molar-refractivity contribution in [1.82, 2.24) is 9.97 Å². The van der Waals surface area contributed by atoms with E-state index in [1.54, 1.807) is 0 Å². The fourth-order valence-corrected chi connectivity index (χ4v) is 3.88. The quantitative estimate of drug-likeness (QED) is 0.735. The molecule has 0 saturated carbocycles. The van der Waals surface area contributed by atoms with Crippen molar-refractivity contribution in [3.8, 4) is 6.07 Å². The zero-order chi connectivity index (χ0) is 13.5. The van der Waals surface area contributed by atoms with E-state index in [-0.39, 0.29) is 0 Å². The highest BCUT2D eigenvalue weighted by atomic mass is 32.2. The van der Waals surface area contributed by atoms with E-state index in [4.69, 9.17) is 5.26 Å². The summed E-state index contributed by atoms with van der Waals surface area (Å²) in [7, 11) is 0. The fraction of sp³-hybridized carbons (Fsp3) is 0.125. The highest BCUT2D eigenvalue weighted by molar-refractivity contribution is 7.99. The van der Waals surface area contributed by atoms with Crippen molar-refractivity contribution in [2.24, 2.45) is 0 Å². The first-order valence-corrected chi connectivity index (χ1v) is 7.36. The number of hydrogen-bond acceptors (Lipinski definition) is 3. The van der Waals surface area contributed by atoms with Crippen molar-refractivity contribution >= 4 is 22.8 Å². The summed E-state index contributed by atoms with van der Waals surface area (Å²) in [6.45, 7) is 0. The zero-order valence-corrected chi connectivity index (χ0v) is 11.4. The number of nitrogens with one attached hydrogen (secondary N) is 1. The molecule has 0 amide bonds. The normalized spacial score (nSPS) is 17.1. The molecule has 0 fully saturated rings. The Balaban J connectivity index is 1.76. The second kappa shape index (κ2) is 4.39. The van der Waals surface area contributed by atoms with Gasteiger partial charge in [-0.1, -0.05) is 24.3 Å². The highest BCUT2D eigenvalue weighted by Crippen LogP contribution is 2.45. The average molecular weight is 277 g/mol. The van der Waals surface area contributed by atoms with Gasteiger partial charge in [-0.2, -0.15) is 5.26 Å². The molecule has 4 heteroatoms. The largest absolute Gasteiger partial charge is 0.341 e. The Hall–Kier alpha value is -2.25. The van der Waals surface area contributed by atoms with Gasteiger partial charge in [0, 0.05) is 4.90 Å². The summed E-state index contributed by atoms with van der Waals surface area (Å²) in [5.74, 6) is 0.962. The number of rotatable bonds is 1. The molecule has 2 aromatic carbocycles. The lowest BCUT2D eigenvalue weighted by Crippen LogP contribution is -1.94.